The molecule has 0 N–H and O–H groups in total. The van der Waals surface area contributed by atoms with Gasteiger partial charge >= 0.3 is 6.16 Å². The van der Waals surface area contributed by atoms with E-state index < -0.39 is 11.1 Å². The number of rotatable bonds is 11. The van der Waals surface area contributed by atoms with Gasteiger partial charge in [0.05, 0.1) is 31.4 Å². The molecule has 0 heterocycles. The first-order valence-electron chi connectivity index (χ1n) is 8.16. The van der Waals surface area contributed by atoms with Gasteiger partial charge in [-0.3, -0.25) is 10.1 Å². The summed E-state index contributed by atoms with van der Waals surface area (Å²) in [5.41, 5.74) is -0.0849. The number of carbonyl (C=O) groups excluding carboxylic acids is 1. The van der Waals surface area contributed by atoms with E-state index in [4.69, 9.17) is 18.9 Å². The van der Waals surface area contributed by atoms with Crippen LogP contribution in [-0.2, 0) is 14.2 Å². The number of hydrogen-bond donors (Lipinski definition) is 0. The number of carbonyl (C=O) groups is 1. The average Bonchev–Trinajstić information content (AvgIpc) is 2.56. The number of non-ortho nitro benzene ring substituents is 1. The number of thioether (sulfide) groups is 1. The molecule has 8 nitrogen and oxygen atoms in total. The topological polar surface area (TPSA) is 97.1 Å². The van der Waals surface area contributed by atoms with Crippen LogP contribution in [-0.4, -0.2) is 54.6 Å². The lowest BCUT2D eigenvalue weighted by atomic mass is 10.3. The van der Waals surface area contributed by atoms with Gasteiger partial charge in [0, 0.05) is 22.6 Å². The molecule has 0 aliphatic carbocycles. The summed E-state index contributed by atoms with van der Waals surface area (Å²) in [5, 5.41) is 10.5. The molecule has 1 aromatic carbocycles. The van der Waals surface area contributed by atoms with Gasteiger partial charge in [0.2, 0.25) is 0 Å². The normalized spacial score (nSPS) is 11.2. The molecule has 0 bridgehead atoms. The number of nitro groups is 1. The van der Waals surface area contributed by atoms with Gasteiger partial charge in [-0.2, -0.15) is 11.8 Å². The van der Waals surface area contributed by atoms with Crippen LogP contribution in [0.15, 0.2) is 24.3 Å². The number of benzene rings is 1. The predicted molar refractivity (Wildman–Crippen MR) is 98.9 cm³/mol. The van der Waals surface area contributed by atoms with Crippen molar-refractivity contribution in [2.75, 3.05) is 38.8 Å². The van der Waals surface area contributed by atoms with Crippen molar-refractivity contribution in [3.63, 3.8) is 0 Å². The molecule has 0 fully saturated rings. The molecule has 0 saturated carbocycles. The summed E-state index contributed by atoms with van der Waals surface area (Å²) in [7, 11) is 0. The Labute approximate surface area is 157 Å². The van der Waals surface area contributed by atoms with Crippen molar-refractivity contribution < 1.29 is 28.7 Å². The van der Waals surface area contributed by atoms with Gasteiger partial charge in [-0.1, -0.05) is 20.8 Å². The summed E-state index contributed by atoms with van der Waals surface area (Å²) in [6, 6.07) is 5.13. The fraction of sp³-hybridized carbons (Fsp3) is 0.588. The van der Waals surface area contributed by atoms with Crippen LogP contribution in [0.3, 0.4) is 0 Å². The lowest BCUT2D eigenvalue weighted by Gasteiger charge is -2.17. The highest BCUT2D eigenvalue weighted by Crippen LogP contribution is 2.22. The quantitative estimate of drug-likeness (QED) is 0.186. The van der Waals surface area contributed by atoms with Crippen LogP contribution in [0.1, 0.15) is 20.8 Å². The highest BCUT2D eigenvalue weighted by molar-refractivity contribution is 8.00. The van der Waals surface area contributed by atoms with Gasteiger partial charge in [-0.15, -0.1) is 0 Å². The van der Waals surface area contributed by atoms with E-state index in [1.165, 1.54) is 24.3 Å². The molecule has 26 heavy (non-hydrogen) atoms. The summed E-state index contributed by atoms with van der Waals surface area (Å²) >= 11 is 1.84. The molecule has 0 aliphatic rings. The van der Waals surface area contributed by atoms with E-state index >= 15 is 0 Å². The van der Waals surface area contributed by atoms with Crippen molar-refractivity contribution in [1.29, 1.82) is 0 Å². The zero-order chi connectivity index (χ0) is 19.4. The fourth-order valence-electron chi connectivity index (χ4n) is 1.67. The monoisotopic (exact) mass is 387 g/mol. The molecular formula is C17H25NO7S. The largest absolute Gasteiger partial charge is 0.513 e. The second-order valence-corrected chi connectivity index (χ2v) is 8.06. The first kappa shape index (κ1) is 22.2. The molecule has 0 aliphatic heterocycles. The van der Waals surface area contributed by atoms with Crippen molar-refractivity contribution >= 4 is 23.6 Å². The van der Waals surface area contributed by atoms with Crippen LogP contribution in [0.2, 0.25) is 0 Å². The Morgan fingerprint density at radius 3 is 2.19 bits per heavy atom. The second-order valence-electron chi connectivity index (χ2n) is 6.14. The van der Waals surface area contributed by atoms with Gasteiger partial charge < -0.3 is 18.9 Å². The maximum Gasteiger partial charge on any atom is 0.513 e. The van der Waals surface area contributed by atoms with Gasteiger partial charge in [0.1, 0.15) is 12.4 Å². The van der Waals surface area contributed by atoms with Crippen molar-refractivity contribution in [3.05, 3.63) is 34.4 Å². The van der Waals surface area contributed by atoms with E-state index in [0.717, 1.165) is 5.75 Å². The summed E-state index contributed by atoms with van der Waals surface area (Å²) in [4.78, 5) is 21.4. The van der Waals surface area contributed by atoms with Gasteiger partial charge in [0.15, 0.2) is 0 Å². The Kier molecular flexibility index (Phi) is 10.0. The molecule has 1 aromatic rings. The smallest absolute Gasteiger partial charge is 0.432 e. The molecule has 0 saturated heterocycles. The van der Waals surface area contributed by atoms with E-state index in [1.807, 2.05) is 11.8 Å². The molecule has 0 unspecified atom stereocenters. The van der Waals surface area contributed by atoms with E-state index in [-0.39, 0.29) is 29.4 Å². The van der Waals surface area contributed by atoms with Crippen LogP contribution < -0.4 is 4.74 Å². The maximum absolute atomic E-state index is 11.5. The first-order valence-corrected chi connectivity index (χ1v) is 9.15. The highest BCUT2D eigenvalue weighted by Gasteiger charge is 2.10. The maximum atomic E-state index is 11.5. The Balaban J connectivity index is 2.00. The predicted octanol–water partition coefficient (Wildman–Crippen LogP) is 3.68. The second kappa shape index (κ2) is 11.7. The van der Waals surface area contributed by atoms with Crippen LogP contribution >= 0.6 is 11.8 Å². The minimum absolute atomic E-state index is 0.0473. The minimum atomic E-state index is -0.891. The lowest BCUT2D eigenvalue weighted by molar-refractivity contribution is -0.384. The number of nitrogens with zero attached hydrogens (tertiary/aromatic N) is 1. The Bertz CT molecular complexity index is 557. The molecule has 146 valence electrons. The number of ether oxygens (including phenoxy) is 4. The van der Waals surface area contributed by atoms with Crippen molar-refractivity contribution in [2.24, 2.45) is 0 Å². The molecule has 0 radical (unpaired) electrons. The summed E-state index contributed by atoms with van der Waals surface area (Å²) < 4.78 is 20.7. The van der Waals surface area contributed by atoms with E-state index in [9.17, 15) is 14.9 Å². The van der Waals surface area contributed by atoms with Gasteiger partial charge in [0.25, 0.3) is 5.69 Å². The van der Waals surface area contributed by atoms with Crippen LogP contribution in [0.25, 0.3) is 0 Å². The van der Waals surface area contributed by atoms with Crippen LogP contribution in [0.5, 0.6) is 5.75 Å². The summed E-state index contributed by atoms with van der Waals surface area (Å²) in [5.74, 6) is 1.10. The Morgan fingerprint density at radius 1 is 1.04 bits per heavy atom. The molecule has 9 heteroatoms. The van der Waals surface area contributed by atoms with E-state index in [2.05, 4.69) is 20.8 Å². The lowest BCUT2D eigenvalue weighted by Crippen LogP contribution is -2.16. The fourth-order valence-corrected chi connectivity index (χ4v) is 2.49. The first-order chi connectivity index (χ1) is 12.3. The Morgan fingerprint density at radius 2 is 1.62 bits per heavy atom. The SMILES string of the molecule is CC(C)(C)SCCOCCOCCOC(=O)Oc1ccc([N+](=O)[O-])cc1. The molecular weight excluding hydrogens is 362 g/mol. The molecule has 0 aromatic heterocycles. The third kappa shape index (κ3) is 10.9. The molecule has 1 rings (SSSR count). The Hall–Kier alpha value is -1.84. The van der Waals surface area contributed by atoms with Crippen molar-refractivity contribution in [2.45, 2.75) is 25.5 Å². The zero-order valence-electron chi connectivity index (χ0n) is 15.3. The third-order valence-electron chi connectivity index (χ3n) is 2.83. The van der Waals surface area contributed by atoms with Gasteiger partial charge in [-0.25, -0.2) is 4.79 Å². The van der Waals surface area contributed by atoms with E-state index in [1.54, 1.807) is 0 Å². The van der Waals surface area contributed by atoms with Crippen LogP contribution in [0.4, 0.5) is 10.5 Å². The molecule has 0 amide bonds. The van der Waals surface area contributed by atoms with Crippen molar-refractivity contribution in [1.82, 2.24) is 0 Å². The highest BCUT2D eigenvalue weighted by atomic mass is 32.2. The van der Waals surface area contributed by atoms with E-state index in [0.29, 0.717) is 19.8 Å². The van der Waals surface area contributed by atoms with Crippen molar-refractivity contribution in [3.8, 4) is 5.75 Å². The molecule has 0 atom stereocenters. The van der Waals surface area contributed by atoms with Gasteiger partial charge in [-0.05, 0) is 12.1 Å². The molecule has 0 spiro atoms. The standard InChI is InChI=1S/C17H25NO7S/c1-17(2,3)26-13-12-23-9-8-22-10-11-24-16(19)25-15-6-4-14(5-7-15)18(20)21/h4-7H,8-13H2,1-3H3. The summed E-state index contributed by atoms with van der Waals surface area (Å²) in [6.07, 6.45) is -0.891. The third-order valence-corrected chi connectivity index (χ3v) is 4.07. The zero-order valence-corrected chi connectivity index (χ0v) is 16.1. The minimum Gasteiger partial charge on any atom is -0.432 e. The number of nitro benzene ring substituents is 1. The van der Waals surface area contributed by atoms with Crippen LogP contribution in [0, 0.1) is 10.1 Å². The number of hydrogen-bond acceptors (Lipinski definition) is 8. The summed E-state index contributed by atoms with van der Waals surface area (Å²) in [6.45, 7) is 8.33. The average molecular weight is 387 g/mol.